The summed E-state index contributed by atoms with van der Waals surface area (Å²) in [7, 11) is 1.95. The molecule has 0 aliphatic rings. The molecule has 1 aromatic heterocycles. The van der Waals surface area contributed by atoms with Crippen LogP contribution >= 0.6 is 0 Å². The highest BCUT2D eigenvalue weighted by Crippen LogP contribution is 2.10. The summed E-state index contributed by atoms with van der Waals surface area (Å²) in [4.78, 5) is 0. The zero-order valence-corrected chi connectivity index (χ0v) is 8.79. The van der Waals surface area contributed by atoms with Crippen LogP contribution < -0.4 is 5.32 Å². The second kappa shape index (κ2) is 5.45. The van der Waals surface area contributed by atoms with Gasteiger partial charge in [-0.3, -0.25) is 0 Å². The summed E-state index contributed by atoms with van der Waals surface area (Å²) >= 11 is 0. The van der Waals surface area contributed by atoms with E-state index in [2.05, 4.69) is 18.8 Å². The van der Waals surface area contributed by atoms with Crippen LogP contribution in [0, 0.1) is 0 Å². The fourth-order valence-corrected chi connectivity index (χ4v) is 1.42. The molecule has 0 bridgehead atoms. The van der Waals surface area contributed by atoms with Gasteiger partial charge in [0.2, 0.25) is 0 Å². The van der Waals surface area contributed by atoms with Gasteiger partial charge < -0.3 is 9.73 Å². The molecule has 0 spiro atoms. The van der Waals surface area contributed by atoms with Crippen molar-refractivity contribution < 1.29 is 4.42 Å². The Morgan fingerprint density at radius 2 is 2.50 bits per heavy atom. The van der Waals surface area contributed by atoms with E-state index in [9.17, 15) is 0 Å². The molecule has 1 atom stereocenters. The van der Waals surface area contributed by atoms with Crippen molar-refractivity contribution >= 4 is 0 Å². The van der Waals surface area contributed by atoms with E-state index < -0.39 is 0 Å². The third kappa shape index (κ3) is 2.89. The first kappa shape index (κ1) is 10.8. The van der Waals surface area contributed by atoms with E-state index in [1.54, 1.807) is 6.26 Å². The molecular weight excluding hydrogens is 174 g/mol. The molecule has 0 aliphatic heterocycles. The van der Waals surface area contributed by atoms with Crippen LogP contribution in [-0.4, -0.2) is 13.1 Å². The van der Waals surface area contributed by atoms with Crippen LogP contribution in [0.1, 0.15) is 12.7 Å². The molecule has 0 aromatic carbocycles. The van der Waals surface area contributed by atoms with E-state index in [0.717, 1.165) is 12.2 Å². The SMILES string of the molecule is C=CC=C(C)C(Cc1ccco1)NC. The summed E-state index contributed by atoms with van der Waals surface area (Å²) in [5, 5.41) is 3.25. The number of nitrogens with one attached hydrogen (secondary N) is 1. The first-order chi connectivity index (χ1) is 6.77. The number of hydrogen-bond acceptors (Lipinski definition) is 2. The highest BCUT2D eigenvalue weighted by molar-refractivity contribution is 5.17. The van der Waals surface area contributed by atoms with Crippen molar-refractivity contribution in [2.45, 2.75) is 19.4 Å². The first-order valence-electron chi connectivity index (χ1n) is 4.76. The zero-order valence-electron chi connectivity index (χ0n) is 8.79. The third-order valence-corrected chi connectivity index (χ3v) is 2.26. The van der Waals surface area contributed by atoms with Crippen LogP contribution in [-0.2, 0) is 6.42 Å². The molecule has 0 radical (unpaired) electrons. The van der Waals surface area contributed by atoms with Crippen LogP contribution in [0.5, 0.6) is 0 Å². The van der Waals surface area contributed by atoms with E-state index >= 15 is 0 Å². The van der Waals surface area contributed by atoms with Gasteiger partial charge in [-0.25, -0.2) is 0 Å². The van der Waals surface area contributed by atoms with Gasteiger partial charge >= 0.3 is 0 Å². The van der Waals surface area contributed by atoms with Crippen LogP contribution in [0.25, 0.3) is 0 Å². The number of allylic oxidation sites excluding steroid dienone is 2. The van der Waals surface area contributed by atoms with Crippen LogP contribution in [0.3, 0.4) is 0 Å². The summed E-state index contributed by atoms with van der Waals surface area (Å²) in [5.74, 6) is 1.00. The topological polar surface area (TPSA) is 25.2 Å². The highest BCUT2D eigenvalue weighted by Gasteiger charge is 2.09. The van der Waals surface area contributed by atoms with Crippen molar-refractivity contribution in [2.24, 2.45) is 0 Å². The Morgan fingerprint density at radius 3 is 3.00 bits per heavy atom. The minimum Gasteiger partial charge on any atom is -0.469 e. The maximum Gasteiger partial charge on any atom is 0.105 e. The van der Waals surface area contributed by atoms with E-state index in [0.29, 0.717) is 6.04 Å². The van der Waals surface area contributed by atoms with Crippen molar-refractivity contribution in [1.82, 2.24) is 5.32 Å². The molecule has 0 amide bonds. The Balaban J connectivity index is 2.64. The molecule has 2 nitrogen and oxygen atoms in total. The zero-order chi connectivity index (χ0) is 10.4. The van der Waals surface area contributed by atoms with Crippen molar-refractivity contribution in [3.05, 3.63) is 48.5 Å². The number of furan rings is 1. The molecule has 14 heavy (non-hydrogen) atoms. The Morgan fingerprint density at radius 1 is 1.71 bits per heavy atom. The van der Waals surface area contributed by atoms with Gasteiger partial charge in [-0.05, 0) is 26.1 Å². The molecule has 1 N–H and O–H groups in total. The fourth-order valence-electron chi connectivity index (χ4n) is 1.42. The summed E-state index contributed by atoms with van der Waals surface area (Å²) in [5.41, 5.74) is 1.26. The average Bonchev–Trinajstić information content (AvgIpc) is 2.66. The lowest BCUT2D eigenvalue weighted by Crippen LogP contribution is -2.28. The smallest absolute Gasteiger partial charge is 0.105 e. The summed E-state index contributed by atoms with van der Waals surface area (Å²) in [6.45, 7) is 5.78. The first-order valence-corrected chi connectivity index (χ1v) is 4.76. The molecule has 1 aromatic rings. The predicted octanol–water partition coefficient (Wildman–Crippen LogP) is 2.54. The molecule has 0 aliphatic carbocycles. The van der Waals surface area contributed by atoms with Gasteiger partial charge in [0.15, 0.2) is 0 Å². The third-order valence-electron chi connectivity index (χ3n) is 2.26. The van der Waals surface area contributed by atoms with Gasteiger partial charge in [0.1, 0.15) is 5.76 Å². The van der Waals surface area contributed by atoms with E-state index in [1.165, 1.54) is 5.57 Å². The monoisotopic (exact) mass is 191 g/mol. The second-order valence-corrected chi connectivity index (χ2v) is 3.27. The lowest BCUT2D eigenvalue weighted by molar-refractivity contribution is 0.479. The van der Waals surface area contributed by atoms with E-state index in [4.69, 9.17) is 4.42 Å². The van der Waals surface area contributed by atoms with Crippen LogP contribution in [0.4, 0.5) is 0 Å². The van der Waals surface area contributed by atoms with Crippen LogP contribution in [0.15, 0.2) is 47.1 Å². The van der Waals surface area contributed by atoms with Gasteiger partial charge in [0.25, 0.3) is 0 Å². The standard InChI is InChI=1S/C12H17NO/c1-4-6-10(2)12(13-3)9-11-7-5-8-14-11/h4-8,12-13H,1,9H2,2-3H3. The molecule has 0 saturated heterocycles. The summed E-state index contributed by atoms with van der Waals surface area (Å²) in [6.07, 6.45) is 6.40. The summed E-state index contributed by atoms with van der Waals surface area (Å²) < 4.78 is 5.30. The minimum atomic E-state index is 0.319. The Labute approximate surface area is 85.3 Å². The molecule has 1 rings (SSSR count). The Kier molecular flexibility index (Phi) is 4.20. The average molecular weight is 191 g/mol. The minimum absolute atomic E-state index is 0.319. The van der Waals surface area contributed by atoms with Gasteiger partial charge in [-0.15, -0.1) is 0 Å². The number of rotatable bonds is 5. The molecule has 1 heterocycles. The Hall–Kier alpha value is -1.28. The molecular formula is C12H17NO. The number of likely N-dealkylation sites (N-methyl/N-ethyl adjacent to an activating group) is 1. The maximum atomic E-state index is 5.30. The molecule has 0 saturated carbocycles. The summed E-state index contributed by atoms with van der Waals surface area (Å²) in [6, 6.07) is 4.22. The van der Waals surface area contributed by atoms with Crippen molar-refractivity contribution in [3.8, 4) is 0 Å². The van der Waals surface area contributed by atoms with Crippen LogP contribution in [0.2, 0.25) is 0 Å². The molecule has 1 unspecified atom stereocenters. The molecule has 0 fully saturated rings. The molecule has 76 valence electrons. The maximum absolute atomic E-state index is 5.30. The van der Waals surface area contributed by atoms with Crippen molar-refractivity contribution in [1.29, 1.82) is 0 Å². The second-order valence-electron chi connectivity index (χ2n) is 3.27. The van der Waals surface area contributed by atoms with Gasteiger partial charge in [-0.2, -0.15) is 0 Å². The quantitative estimate of drug-likeness (QED) is 0.723. The number of hydrogen-bond donors (Lipinski definition) is 1. The largest absolute Gasteiger partial charge is 0.469 e. The van der Waals surface area contributed by atoms with Gasteiger partial charge in [-0.1, -0.05) is 24.3 Å². The molecule has 2 heteroatoms. The highest BCUT2D eigenvalue weighted by atomic mass is 16.3. The van der Waals surface area contributed by atoms with E-state index in [1.807, 2.05) is 31.3 Å². The van der Waals surface area contributed by atoms with Gasteiger partial charge in [0, 0.05) is 12.5 Å². The predicted molar refractivity (Wildman–Crippen MR) is 59.2 cm³/mol. The van der Waals surface area contributed by atoms with E-state index in [-0.39, 0.29) is 0 Å². The lowest BCUT2D eigenvalue weighted by atomic mass is 10.0. The Bertz CT molecular complexity index is 298. The normalized spacial score (nSPS) is 14.0. The van der Waals surface area contributed by atoms with Crippen molar-refractivity contribution in [3.63, 3.8) is 0 Å². The van der Waals surface area contributed by atoms with Gasteiger partial charge in [0.05, 0.1) is 6.26 Å². The van der Waals surface area contributed by atoms with Crippen molar-refractivity contribution in [2.75, 3.05) is 7.05 Å². The lowest BCUT2D eigenvalue weighted by Gasteiger charge is -2.15. The fraction of sp³-hybridized carbons (Fsp3) is 0.333.